The molecule has 2 amide bonds. The van der Waals surface area contributed by atoms with Crippen molar-refractivity contribution in [1.29, 1.82) is 0 Å². The first kappa shape index (κ1) is 19.6. The third kappa shape index (κ3) is 5.00. The Morgan fingerprint density at radius 2 is 1.18 bits per heavy atom. The van der Waals surface area contributed by atoms with Gasteiger partial charge in [-0.2, -0.15) is 10.2 Å². The first-order valence-electron chi connectivity index (χ1n) is 11.3. The zero-order chi connectivity index (χ0) is 19.3. The summed E-state index contributed by atoms with van der Waals surface area (Å²) in [6.45, 7) is 0. The molecule has 4 saturated carbocycles. The lowest BCUT2D eigenvalue weighted by Crippen LogP contribution is -2.21. The van der Waals surface area contributed by atoms with E-state index in [9.17, 15) is 9.59 Å². The molecule has 6 nitrogen and oxygen atoms in total. The van der Waals surface area contributed by atoms with E-state index in [1.807, 2.05) is 12.4 Å². The summed E-state index contributed by atoms with van der Waals surface area (Å²) in [5, 5.41) is 8.31. The summed E-state index contributed by atoms with van der Waals surface area (Å²) in [6.07, 6.45) is 16.7. The number of rotatable bonds is 9. The third-order valence-electron chi connectivity index (χ3n) is 7.55. The van der Waals surface area contributed by atoms with Crippen LogP contribution in [0, 0.1) is 35.5 Å². The molecule has 28 heavy (non-hydrogen) atoms. The number of amides is 2. The Morgan fingerprint density at radius 3 is 1.54 bits per heavy atom. The number of nitrogens with one attached hydrogen (secondary N) is 2. The predicted molar refractivity (Wildman–Crippen MR) is 110 cm³/mol. The van der Waals surface area contributed by atoms with Crippen LogP contribution in [-0.4, -0.2) is 24.2 Å². The number of hydrogen-bond acceptors (Lipinski definition) is 4. The van der Waals surface area contributed by atoms with Crippen molar-refractivity contribution in [2.75, 3.05) is 0 Å². The first-order valence-corrected chi connectivity index (χ1v) is 11.3. The van der Waals surface area contributed by atoms with Crippen LogP contribution >= 0.6 is 0 Å². The van der Waals surface area contributed by atoms with Gasteiger partial charge in [0.05, 0.1) is 0 Å². The van der Waals surface area contributed by atoms with Crippen LogP contribution in [0.5, 0.6) is 0 Å². The van der Waals surface area contributed by atoms with Gasteiger partial charge in [0, 0.05) is 25.3 Å². The first-order chi connectivity index (χ1) is 13.7. The summed E-state index contributed by atoms with van der Waals surface area (Å²) in [4.78, 5) is 23.7. The molecule has 4 bridgehead atoms. The van der Waals surface area contributed by atoms with Crippen molar-refractivity contribution >= 4 is 24.2 Å². The maximum atomic E-state index is 11.9. The number of carbonyl (C=O) groups excluding carboxylic acids is 2. The minimum absolute atomic E-state index is 0.0610. The van der Waals surface area contributed by atoms with Gasteiger partial charge in [-0.1, -0.05) is 12.8 Å². The monoisotopic (exact) mass is 386 g/mol. The maximum absolute atomic E-state index is 11.9. The van der Waals surface area contributed by atoms with Gasteiger partial charge in [-0.3, -0.25) is 9.59 Å². The van der Waals surface area contributed by atoms with E-state index in [0.717, 1.165) is 23.7 Å². The Labute approximate surface area is 168 Å². The standard InChI is InChI=1S/C22H34N4O2/c27-21(25-23-13-19-11-15-5-7-17(19)9-15)3-1-2-4-22(28)26-24-14-20-12-16-6-8-18(20)10-16/h13-20H,1-12H2,(H,25,27)(H,26,28)/t15-,16-,17-,18-,19-,20+/m0/s1. The minimum Gasteiger partial charge on any atom is -0.273 e. The highest BCUT2D eigenvalue weighted by molar-refractivity contribution is 5.78. The fourth-order valence-corrected chi connectivity index (χ4v) is 6.05. The van der Waals surface area contributed by atoms with Gasteiger partial charge in [-0.05, 0) is 86.9 Å². The zero-order valence-corrected chi connectivity index (χ0v) is 16.8. The van der Waals surface area contributed by atoms with Gasteiger partial charge in [0.1, 0.15) is 0 Å². The summed E-state index contributed by atoms with van der Waals surface area (Å²) in [7, 11) is 0. The van der Waals surface area contributed by atoms with Crippen molar-refractivity contribution in [3.8, 4) is 0 Å². The molecule has 4 aliphatic carbocycles. The van der Waals surface area contributed by atoms with Gasteiger partial charge in [0.25, 0.3) is 0 Å². The molecule has 0 radical (unpaired) electrons. The molecule has 0 aromatic carbocycles. The second-order valence-corrected chi connectivity index (χ2v) is 9.51. The average Bonchev–Trinajstić information content (AvgIpc) is 3.46. The van der Waals surface area contributed by atoms with Crippen molar-refractivity contribution in [2.24, 2.45) is 45.7 Å². The van der Waals surface area contributed by atoms with Crippen LogP contribution in [0.4, 0.5) is 0 Å². The van der Waals surface area contributed by atoms with Crippen LogP contribution in [0.1, 0.15) is 77.0 Å². The summed E-state index contributed by atoms with van der Waals surface area (Å²) >= 11 is 0. The predicted octanol–water partition coefficient (Wildman–Crippen LogP) is 3.62. The molecule has 154 valence electrons. The second-order valence-electron chi connectivity index (χ2n) is 9.51. The Kier molecular flexibility index (Phi) is 6.43. The summed E-state index contributed by atoms with van der Waals surface area (Å²) in [5.74, 6) is 4.35. The lowest BCUT2D eigenvalue weighted by molar-refractivity contribution is -0.123. The number of nitrogens with zero attached hydrogens (tertiary/aromatic N) is 2. The van der Waals surface area contributed by atoms with Crippen molar-refractivity contribution in [2.45, 2.75) is 77.0 Å². The van der Waals surface area contributed by atoms with E-state index in [0.29, 0.717) is 37.5 Å². The Hall–Kier alpha value is -1.72. The molecular weight excluding hydrogens is 352 g/mol. The van der Waals surface area contributed by atoms with Crippen LogP contribution in [0.2, 0.25) is 0 Å². The van der Waals surface area contributed by atoms with E-state index in [1.54, 1.807) is 0 Å². The zero-order valence-electron chi connectivity index (χ0n) is 16.8. The fourth-order valence-electron chi connectivity index (χ4n) is 6.05. The SMILES string of the molecule is O=C(CCCCC(=O)NN=C[C@H]1C[C@H]2CC[C@H]1C2)NN=C[C@@H]1C[C@H]2CC[C@H]1C2. The molecule has 2 N–H and O–H groups in total. The number of fused-ring (bicyclic) bond motifs is 4. The highest BCUT2D eigenvalue weighted by Crippen LogP contribution is 2.48. The van der Waals surface area contributed by atoms with Crippen LogP contribution in [0.15, 0.2) is 10.2 Å². The van der Waals surface area contributed by atoms with Crippen LogP contribution < -0.4 is 10.9 Å². The Morgan fingerprint density at radius 1 is 0.714 bits per heavy atom. The van der Waals surface area contributed by atoms with Crippen molar-refractivity contribution in [3.63, 3.8) is 0 Å². The van der Waals surface area contributed by atoms with E-state index in [-0.39, 0.29) is 11.8 Å². The minimum atomic E-state index is -0.0610. The fraction of sp³-hybridized carbons (Fsp3) is 0.818. The van der Waals surface area contributed by atoms with Crippen LogP contribution in [-0.2, 0) is 9.59 Å². The summed E-state index contributed by atoms with van der Waals surface area (Å²) < 4.78 is 0. The third-order valence-corrected chi connectivity index (χ3v) is 7.55. The highest BCUT2D eigenvalue weighted by Gasteiger charge is 2.39. The van der Waals surface area contributed by atoms with Crippen LogP contribution in [0.3, 0.4) is 0 Å². The number of hydrazone groups is 2. The highest BCUT2D eigenvalue weighted by atomic mass is 16.2. The summed E-state index contributed by atoms with van der Waals surface area (Å²) in [6, 6.07) is 0. The molecule has 0 unspecified atom stereocenters. The van der Waals surface area contributed by atoms with Gasteiger partial charge in [0.2, 0.25) is 11.8 Å². The number of hydrogen-bond donors (Lipinski definition) is 2. The van der Waals surface area contributed by atoms with Gasteiger partial charge >= 0.3 is 0 Å². The van der Waals surface area contributed by atoms with Crippen LogP contribution in [0.25, 0.3) is 0 Å². The van der Waals surface area contributed by atoms with Crippen molar-refractivity contribution in [3.05, 3.63) is 0 Å². The van der Waals surface area contributed by atoms with E-state index in [2.05, 4.69) is 21.1 Å². The Bertz CT molecular complexity index is 578. The molecular formula is C22H34N4O2. The topological polar surface area (TPSA) is 82.9 Å². The van der Waals surface area contributed by atoms with Gasteiger partial charge in [0.15, 0.2) is 0 Å². The lowest BCUT2D eigenvalue weighted by Gasteiger charge is -2.16. The molecule has 4 aliphatic rings. The quantitative estimate of drug-likeness (QED) is 0.360. The maximum Gasteiger partial charge on any atom is 0.240 e. The average molecular weight is 387 g/mol. The normalized spacial score (nSPS) is 36.0. The van der Waals surface area contributed by atoms with E-state index in [4.69, 9.17) is 0 Å². The molecule has 6 atom stereocenters. The molecule has 4 rings (SSSR count). The molecule has 0 saturated heterocycles. The molecule has 0 aromatic heterocycles. The molecule has 0 aliphatic heterocycles. The van der Waals surface area contributed by atoms with Gasteiger partial charge in [-0.25, -0.2) is 10.9 Å². The summed E-state index contributed by atoms with van der Waals surface area (Å²) in [5.41, 5.74) is 5.28. The van der Waals surface area contributed by atoms with Gasteiger partial charge in [-0.15, -0.1) is 0 Å². The molecule has 4 fully saturated rings. The molecule has 6 heteroatoms. The lowest BCUT2D eigenvalue weighted by atomic mass is 9.90. The van der Waals surface area contributed by atoms with Crippen molar-refractivity contribution in [1.82, 2.24) is 10.9 Å². The Balaban J connectivity index is 1.03. The molecule has 0 heterocycles. The smallest absolute Gasteiger partial charge is 0.240 e. The number of unbranched alkanes of at least 4 members (excludes halogenated alkanes) is 1. The number of carbonyl (C=O) groups is 2. The molecule has 0 aromatic rings. The van der Waals surface area contributed by atoms with Crippen molar-refractivity contribution < 1.29 is 9.59 Å². The van der Waals surface area contributed by atoms with E-state index < -0.39 is 0 Å². The van der Waals surface area contributed by atoms with E-state index in [1.165, 1.54) is 51.4 Å². The largest absolute Gasteiger partial charge is 0.273 e. The van der Waals surface area contributed by atoms with Gasteiger partial charge < -0.3 is 0 Å². The second kappa shape index (κ2) is 9.19. The van der Waals surface area contributed by atoms with E-state index >= 15 is 0 Å². The molecule has 0 spiro atoms.